The number of carbonyl (C=O) groups excluding carboxylic acids is 1. The molecule has 4 aromatic rings. The Balaban J connectivity index is 1.38. The summed E-state index contributed by atoms with van der Waals surface area (Å²) in [7, 11) is 0. The summed E-state index contributed by atoms with van der Waals surface area (Å²) in [6.07, 6.45) is 0.730. The zero-order valence-corrected chi connectivity index (χ0v) is 18.4. The second kappa shape index (κ2) is 8.45. The molecule has 1 N–H and O–H groups in total. The summed E-state index contributed by atoms with van der Waals surface area (Å²) in [5.41, 5.74) is 8.40. The number of para-hydroxylation sites is 1. The van der Waals surface area contributed by atoms with Gasteiger partial charge in [-0.1, -0.05) is 72.3 Å². The molecule has 0 atom stereocenters. The third-order valence-corrected chi connectivity index (χ3v) is 6.05. The lowest BCUT2D eigenvalue weighted by molar-refractivity contribution is 0.102. The van der Waals surface area contributed by atoms with Crippen molar-refractivity contribution in [3.8, 4) is 11.1 Å². The third kappa shape index (κ3) is 3.95. The molecule has 1 aliphatic heterocycles. The Kier molecular flexibility index (Phi) is 5.34. The second-order valence-electron chi connectivity index (χ2n) is 7.91. The van der Waals surface area contributed by atoms with Crippen molar-refractivity contribution in [3.63, 3.8) is 0 Å². The van der Waals surface area contributed by atoms with Crippen LogP contribution in [0.2, 0.25) is 5.02 Å². The number of benzene rings is 4. The Labute approximate surface area is 192 Å². The SMILES string of the molecule is Cc1cc(-c2ccccc2)ccc1C(=O)Nc1ccc(Cl)c(C2=Nc3ccccc3C2)c1. The Bertz CT molecular complexity index is 1360. The molecular weight excluding hydrogens is 416 g/mol. The fraction of sp³-hybridized carbons (Fsp3) is 0.0714. The molecule has 0 saturated carbocycles. The van der Waals surface area contributed by atoms with Gasteiger partial charge in [-0.05, 0) is 59.5 Å². The van der Waals surface area contributed by atoms with E-state index in [1.165, 1.54) is 5.56 Å². The van der Waals surface area contributed by atoms with Crippen LogP contribution in [-0.2, 0) is 6.42 Å². The summed E-state index contributed by atoms with van der Waals surface area (Å²) in [5, 5.41) is 3.64. The third-order valence-electron chi connectivity index (χ3n) is 5.72. The Morgan fingerprint density at radius 1 is 0.875 bits per heavy atom. The molecule has 5 rings (SSSR count). The molecule has 0 fully saturated rings. The molecule has 156 valence electrons. The van der Waals surface area contributed by atoms with Gasteiger partial charge in [0.2, 0.25) is 0 Å². The van der Waals surface area contributed by atoms with Crippen molar-refractivity contribution in [1.29, 1.82) is 0 Å². The maximum absolute atomic E-state index is 13.0. The highest BCUT2D eigenvalue weighted by molar-refractivity contribution is 6.34. The van der Waals surface area contributed by atoms with Crippen LogP contribution in [0, 0.1) is 6.92 Å². The molecule has 32 heavy (non-hydrogen) atoms. The number of anilines is 1. The predicted octanol–water partition coefficient (Wildman–Crippen LogP) is 7.24. The minimum Gasteiger partial charge on any atom is -0.322 e. The highest BCUT2D eigenvalue weighted by Crippen LogP contribution is 2.32. The van der Waals surface area contributed by atoms with Crippen molar-refractivity contribution in [1.82, 2.24) is 0 Å². The van der Waals surface area contributed by atoms with Gasteiger partial charge in [0.05, 0.1) is 11.4 Å². The second-order valence-corrected chi connectivity index (χ2v) is 8.32. The van der Waals surface area contributed by atoms with Gasteiger partial charge in [-0.2, -0.15) is 0 Å². The number of hydrogen-bond acceptors (Lipinski definition) is 2. The predicted molar refractivity (Wildman–Crippen MR) is 132 cm³/mol. The van der Waals surface area contributed by atoms with Crippen molar-refractivity contribution in [2.75, 3.05) is 5.32 Å². The van der Waals surface area contributed by atoms with Gasteiger partial charge >= 0.3 is 0 Å². The van der Waals surface area contributed by atoms with Gasteiger partial charge in [-0.15, -0.1) is 0 Å². The molecule has 0 aromatic heterocycles. The van der Waals surface area contributed by atoms with Crippen LogP contribution in [0.15, 0.2) is 96.0 Å². The average molecular weight is 437 g/mol. The van der Waals surface area contributed by atoms with Crippen LogP contribution in [0.4, 0.5) is 11.4 Å². The summed E-state index contributed by atoms with van der Waals surface area (Å²) in [6, 6.07) is 29.6. The van der Waals surface area contributed by atoms with Crippen LogP contribution >= 0.6 is 11.6 Å². The number of hydrogen-bond donors (Lipinski definition) is 1. The van der Waals surface area contributed by atoms with Crippen molar-refractivity contribution >= 4 is 34.6 Å². The molecule has 1 amide bonds. The van der Waals surface area contributed by atoms with E-state index >= 15 is 0 Å². The quantitative estimate of drug-likeness (QED) is 0.359. The van der Waals surface area contributed by atoms with E-state index in [0.717, 1.165) is 40.1 Å². The number of fused-ring (bicyclic) bond motifs is 1. The minimum absolute atomic E-state index is 0.146. The molecule has 0 aliphatic carbocycles. The van der Waals surface area contributed by atoms with Crippen LogP contribution in [0.1, 0.15) is 27.0 Å². The monoisotopic (exact) mass is 436 g/mol. The van der Waals surface area contributed by atoms with Gasteiger partial charge in [0.1, 0.15) is 0 Å². The molecular formula is C28H21ClN2O. The van der Waals surface area contributed by atoms with Crippen LogP contribution in [0.5, 0.6) is 0 Å². The first kappa shape index (κ1) is 20.2. The Hall–Kier alpha value is -3.69. The fourth-order valence-corrected chi connectivity index (χ4v) is 4.27. The number of nitrogens with zero attached hydrogens (tertiary/aromatic N) is 1. The molecule has 0 unspecified atom stereocenters. The van der Waals surface area contributed by atoms with Crippen LogP contribution in [0.25, 0.3) is 11.1 Å². The number of rotatable bonds is 4. The number of aliphatic imine (C=N–C) groups is 1. The summed E-state index contributed by atoms with van der Waals surface area (Å²) in [6.45, 7) is 1.96. The van der Waals surface area contributed by atoms with Crippen molar-refractivity contribution in [2.24, 2.45) is 4.99 Å². The lowest BCUT2D eigenvalue weighted by Crippen LogP contribution is -2.14. The number of carbonyl (C=O) groups is 1. The zero-order chi connectivity index (χ0) is 22.1. The summed E-state index contributed by atoms with van der Waals surface area (Å²) in [5.74, 6) is -0.146. The van der Waals surface area contributed by atoms with Crippen LogP contribution in [-0.4, -0.2) is 11.6 Å². The molecule has 3 nitrogen and oxygen atoms in total. The number of amides is 1. The maximum Gasteiger partial charge on any atom is 0.255 e. The summed E-state index contributed by atoms with van der Waals surface area (Å²) >= 11 is 6.48. The van der Waals surface area contributed by atoms with Gasteiger partial charge in [-0.25, -0.2) is 0 Å². The van der Waals surface area contributed by atoms with E-state index in [1.807, 2.05) is 79.7 Å². The molecule has 0 spiro atoms. The molecule has 0 saturated heterocycles. The fourth-order valence-electron chi connectivity index (χ4n) is 4.04. The lowest BCUT2D eigenvalue weighted by Gasteiger charge is -2.12. The van der Waals surface area contributed by atoms with E-state index in [9.17, 15) is 4.79 Å². The van der Waals surface area contributed by atoms with E-state index in [1.54, 1.807) is 0 Å². The minimum atomic E-state index is -0.146. The number of nitrogens with one attached hydrogen (secondary N) is 1. The molecule has 0 radical (unpaired) electrons. The first-order chi connectivity index (χ1) is 15.6. The number of halogens is 1. The zero-order valence-electron chi connectivity index (χ0n) is 17.6. The van der Waals surface area contributed by atoms with E-state index in [0.29, 0.717) is 16.3 Å². The van der Waals surface area contributed by atoms with Crippen molar-refractivity contribution in [2.45, 2.75) is 13.3 Å². The molecule has 4 heteroatoms. The maximum atomic E-state index is 13.0. The molecule has 4 aromatic carbocycles. The topological polar surface area (TPSA) is 41.5 Å². The molecule has 0 bridgehead atoms. The highest BCUT2D eigenvalue weighted by Gasteiger charge is 2.19. The van der Waals surface area contributed by atoms with Crippen LogP contribution in [0.3, 0.4) is 0 Å². The standard InChI is InChI=1S/C28H21ClN2O/c1-18-15-20(19-7-3-2-4-8-19)11-13-23(18)28(32)30-22-12-14-25(29)24(17-22)27-16-21-9-5-6-10-26(21)31-27/h2-15,17H,16H2,1H3,(H,30,32). The summed E-state index contributed by atoms with van der Waals surface area (Å²) < 4.78 is 0. The number of aryl methyl sites for hydroxylation is 1. The highest BCUT2D eigenvalue weighted by atomic mass is 35.5. The molecule has 1 heterocycles. The first-order valence-electron chi connectivity index (χ1n) is 10.5. The normalized spacial score (nSPS) is 12.2. The largest absolute Gasteiger partial charge is 0.322 e. The van der Waals surface area contributed by atoms with Gasteiger partial charge < -0.3 is 5.32 Å². The lowest BCUT2D eigenvalue weighted by atomic mass is 9.99. The van der Waals surface area contributed by atoms with E-state index in [-0.39, 0.29) is 5.91 Å². The van der Waals surface area contributed by atoms with Gasteiger partial charge in [0.15, 0.2) is 0 Å². The Morgan fingerprint density at radius 3 is 2.44 bits per heavy atom. The van der Waals surface area contributed by atoms with E-state index < -0.39 is 0 Å². The van der Waals surface area contributed by atoms with E-state index in [2.05, 4.69) is 23.5 Å². The van der Waals surface area contributed by atoms with Gasteiger partial charge in [0.25, 0.3) is 5.91 Å². The van der Waals surface area contributed by atoms with Crippen molar-refractivity contribution < 1.29 is 4.79 Å². The Morgan fingerprint density at radius 2 is 1.66 bits per heavy atom. The van der Waals surface area contributed by atoms with Gasteiger partial charge in [-0.3, -0.25) is 9.79 Å². The first-order valence-corrected chi connectivity index (χ1v) is 10.9. The van der Waals surface area contributed by atoms with Crippen molar-refractivity contribution in [3.05, 3.63) is 118 Å². The molecule has 1 aliphatic rings. The smallest absolute Gasteiger partial charge is 0.255 e. The van der Waals surface area contributed by atoms with Crippen LogP contribution < -0.4 is 5.32 Å². The van der Waals surface area contributed by atoms with Gasteiger partial charge in [0, 0.05) is 28.3 Å². The summed E-state index contributed by atoms with van der Waals surface area (Å²) in [4.78, 5) is 17.7. The van der Waals surface area contributed by atoms with E-state index in [4.69, 9.17) is 16.6 Å². The average Bonchev–Trinajstić information content (AvgIpc) is 3.25.